The lowest BCUT2D eigenvalue weighted by atomic mass is 10.1. The molecule has 3 heterocycles. The van der Waals surface area contributed by atoms with Crippen molar-refractivity contribution < 1.29 is 0 Å². The van der Waals surface area contributed by atoms with Crippen LogP contribution in [0.5, 0.6) is 0 Å². The van der Waals surface area contributed by atoms with E-state index in [1.165, 1.54) is 6.33 Å². The van der Waals surface area contributed by atoms with Crippen LogP contribution >= 0.6 is 0 Å². The second-order valence-electron chi connectivity index (χ2n) is 6.40. The van der Waals surface area contributed by atoms with E-state index >= 15 is 0 Å². The van der Waals surface area contributed by atoms with Gasteiger partial charge in [-0.15, -0.1) is 0 Å². The van der Waals surface area contributed by atoms with Crippen LogP contribution in [0.4, 0.5) is 11.8 Å². The van der Waals surface area contributed by atoms with Gasteiger partial charge in [0, 0.05) is 24.6 Å². The number of hydrogen-bond acceptors (Lipinski definition) is 7. The van der Waals surface area contributed by atoms with Gasteiger partial charge < -0.3 is 16.4 Å². The molecule has 3 aromatic rings. The van der Waals surface area contributed by atoms with Gasteiger partial charge in [-0.25, -0.2) is 14.6 Å². The van der Waals surface area contributed by atoms with E-state index in [0.717, 1.165) is 54.3 Å². The highest BCUT2D eigenvalue weighted by Crippen LogP contribution is 2.25. The van der Waals surface area contributed by atoms with Crippen LogP contribution in [0.25, 0.3) is 5.69 Å². The van der Waals surface area contributed by atoms with Crippen molar-refractivity contribution >= 4 is 11.8 Å². The van der Waals surface area contributed by atoms with Crippen molar-refractivity contribution in [3.63, 3.8) is 0 Å². The number of fused-ring (bicyclic) bond motifs is 1. The van der Waals surface area contributed by atoms with E-state index in [9.17, 15) is 0 Å². The first kappa shape index (κ1) is 16.5. The fourth-order valence-electron chi connectivity index (χ4n) is 3.23. The number of nitrogens with zero attached hydrogens (tertiary/aromatic N) is 5. The van der Waals surface area contributed by atoms with E-state index in [0.29, 0.717) is 5.95 Å². The zero-order valence-corrected chi connectivity index (χ0v) is 14.7. The maximum Gasteiger partial charge on any atom is 0.222 e. The van der Waals surface area contributed by atoms with Gasteiger partial charge in [-0.05, 0) is 37.6 Å². The summed E-state index contributed by atoms with van der Waals surface area (Å²) in [5.74, 6) is 1.16. The van der Waals surface area contributed by atoms with Crippen molar-refractivity contribution in [2.24, 2.45) is 0 Å². The number of nitrogens with one attached hydrogen (secondary N) is 2. The van der Waals surface area contributed by atoms with E-state index in [1.807, 2.05) is 12.1 Å². The minimum absolute atomic E-state index is 0.0920. The van der Waals surface area contributed by atoms with Gasteiger partial charge >= 0.3 is 0 Å². The first-order chi connectivity index (χ1) is 12.7. The van der Waals surface area contributed by atoms with Gasteiger partial charge in [-0.2, -0.15) is 10.1 Å². The van der Waals surface area contributed by atoms with E-state index in [4.69, 9.17) is 5.73 Å². The van der Waals surface area contributed by atoms with Crippen LogP contribution in [-0.4, -0.2) is 37.8 Å². The Morgan fingerprint density at radius 3 is 2.73 bits per heavy atom. The Balaban J connectivity index is 1.56. The van der Waals surface area contributed by atoms with Gasteiger partial charge in [-0.3, -0.25) is 0 Å². The average molecular weight is 350 g/mol. The van der Waals surface area contributed by atoms with Crippen LogP contribution in [0.2, 0.25) is 0 Å². The Morgan fingerprint density at radius 1 is 1.15 bits per heavy atom. The van der Waals surface area contributed by atoms with Gasteiger partial charge in [0.1, 0.15) is 18.5 Å². The maximum absolute atomic E-state index is 5.92. The molecule has 4 rings (SSSR count). The van der Waals surface area contributed by atoms with Crippen LogP contribution in [0, 0.1) is 0 Å². The summed E-state index contributed by atoms with van der Waals surface area (Å²) in [5, 5.41) is 11.1. The molecular weight excluding hydrogens is 328 g/mol. The number of nitrogens with two attached hydrogens (primary N) is 1. The normalized spacial score (nSPS) is 15.1. The lowest BCUT2D eigenvalue weighted by molar-refractivity contribution is 0.708. The molecule has 4 N–H and O–H groups in total. The monoisotopic (exact) mass is 350 g/mol. The van der Waals surface area contributed by atoms with E-state index in [-0.39, 0.29) is 6.04 Å². The summed E-state index contributed by atoms with van der Waals surface area (Å²) >= 11 is 0. The highest BCUT2D eigenvalue weighted by atomic mass is 15.3. The third-order valence-electron chi connectivity index (χ3n) is 4.63. The minimum atomic E-state index is 0.0920. The minimum Gasteiger partial charge on any atom is -0.368 e. The molecule has 8 heteroatoms. The van der Waals surface area contributed by atoms with Crippen LogP contribution in [0.1, 0.15) is 29.8 Å². The third kappa shape index (κ3) is 3.36. The molecule has 1 aliphatic heterocycles. The number of rotatable bonds is 4. The van der Waals surface area contributed by atoms with Gasteiger partial charge in [0.15, 0.2) is 0 Å². The Bertz CT molecular complexity index is 873. The SMILES string of the molecule is CC(Nc1nc(N)nc2c1CCNCC2)c1ccc(-n2cncn2)cc1. The zero-order valence-electron chi connectivity index (χ0n) is 14.7. The summed E-state index contributed by atoms with van der Waals surface area (Å²) in [6.07, 6.45) is 4.98. The molecule has 0 fully saturated rings. The van der Waals surface area contributed by atoms with Gasteiger partial charge in [0.25, 0.3) is 0 Å². The topological polar surface area (TPSA) is 107 Å². The predicted molar refractivity (Wildman–Crippen MR) is 100 cm³/mol. The summed E-state index contributed by atoms with van der Waals surface area (Å²) < 4.78 is 1.74. The molecule has 0 saturated heterocycles. The van der Waals surface area contributed by atoms with Crippen molar-refractivity contribution in [1.82, 2.24) is 30.0 Å². The summed E-state index contributed by atoms with van der Waals surface area (Å²) in [5.41, 5.74) is 10.3. The van der Waals surface area contributed by atoms with E-state index < -0.39 is 0 Å². The molecule has 2 aromatic heterocycles. The number of benzene rings is 1. The van der Waals surface area contributed by atoms with Gasteiger partial charge in [-0.1, -0.05) is 12.1 Å². The summed E-state index contributed by atoms with van der Waals surface area (Å²) in [6.45, 7) is 3.96. The molecule has 1 aromatic carbocycles. The van der Waals surface area contributed by atoms with Crippen molar-refractivity contribution in [3.05, 3.63) is 53.7 Å². The Kier molecular flexibility index (Phi) is 4.49. The maximum atomic E-state index is 5.92. The lowest BCUT2D eigenvalue weighted by Crippen LogP contribution is -2.16. The Labute approximate surface area is 151 Å². The van der Waals surface area contributed by atoms with Crippen LogP contribution < -0.4 is 16.4 Å². The highest BCUT2D eigenvalue weighted by Gasteiger charge is 2.17. The van der Waals surface area contributed by atoms with Crippen LogP contribution in [-0.2, 0) is 12.8 Å². The van der Waals surface area contributed by atoms with Crippen molar-refractivity contribution in [3.8, 4) is 5.69 Å². The molecule has 1 aliphatic rings. The molecular formula is C18H22N8. The molecule has 0 bridgehead atoms. The molecule has 1 unspecified atom stereocenters. The molecule has 1 atom stereocenters. The fraction of sp³-hybridized carbons (Fsp3) is 0.333. The average Bonchev–Trinajstić information content (AvgIpc) is 3.08. The standard InChI is InChI=1S/C18H22N8/c1-12(13-2-4-14(5-3-13)26-11-21-10-22-26)23-17-15-6-8-20-9-7-16(15)24-18(19)25-17/h2-5,10-12,20H,6-9H2,1H3,(H3,19,23,24,25). The molecule has 0 spiro atoms. The molecule has 0 saturated carbocycles. The summed E-state index contributed by atoms with van der Waals surface area (Å²) in [7, 11) is 0. The van der Waals surface area contributed by atoms with Crippen molar-refractivity contribution in [2.45, 2.75) is 25.8 Å². The van der Waals surface area contributed by atoms with Crippen molar-refractivity contribution in [1.29, 1.82) is 0 Å². The fourth-order valence-corrected chi connectivity index (χ4v) is 3.23. The molecule has 134 valence electrons. The van der Waals surface area contributed by atoms with E-state index in [1.54, 1.807) is 11.0 Å². The summed E-state index contributed by atoms with van der Waals surface area (Å²) in [4.78, 5) is 12.9. The van der Waals surface area contributed by atoms with Crippen LogP contribution in [0.3, 0.4) is 0 Å². The molecule has 0 amide bonds. The second kappa shape index (κ2) is 7.09. The van der Waals surface area contributed by atoms with Gasteiger partial charge in [0.05, 0.1) is 11.4 Å². The van der Waals surface area contributed by atoms with Crippen molar-refractivity contribution in [2.75, 3.05) is 24.1 Å². The first-order valence-electron chi connectivity index (χ1n) is 8.78. The molecule has 26 heavy (non-hydrogen) atoms. The number of nitrogen functional groups attached to an aromatic ring is 1. The summed E-state index contributed by atoms with van der Waals surface area (Å²) in [6, 6.07) is 8.32. The lowest BCUT2D eigenvalue weighted by Gasteiger charge is -2.19. The predicted octanol–water partition coefficient (Wildman–Crippen LogP) is 1.50. The molecule has 0 radical (unpaired) electrons. The Hall–Kier alpha value is -3.00. The number of aromatic nitrogens is 5. The Morgan fingerprint density at radius 2 is 1.96 bits per heavy atom. The highest BCUT2D eigenvalue weighted by molar-refractivity contribution is 5.52. The van der Waals surface area contributed by atoms with E-state index in [2.05, 4.69) is 49.7 Å². The molecule has 8 nitrogen and oxygen atoms in total. The van der Waals surface area contributed by atoms with Crippen LogP contribution in [0.15, 0.2) is 36.9 Å². The third-order valence-corrected chi connectivity index (χ3v) is 4.63. The number of hydrogen-bond donors (Lipinski definition) is 3. The largest absolute Gasteiger partial charge is 0.368 e. The van der Waals surface area contributed by atoms with Gasteiger partial charge in [0.2, 0.25) is 5.95 Å². The second-order valence-corrected chi connectivity index (χ2v) is 6.40. The quantitative estimate of drug-likeness (QED) is 0.654. The first-order valence-corrected chi connectivity index (χ1v) is 8.78. The smallest absolute Gasteiger partial charge is 0.222 e. The zero-order chi connectivity index (χ0) is 17.9. The molecule has 0 aliphatic carbocycles. The number of anilines is 2.